The highest BCUT2D eigenvalue weighted by Gasteiger charge is 2.27. The summed E-state index contributed by atoms with van der Waals surface area (Å²) in [6, 6.07) is 8.22. The summed E-state index contributed by atoms with van der Waals surface area (Å²) in [5.74, 6) is 1.33. The van der Waals surface area contributed by atoms with Crippen LogP contribution in [0.3, 0.4) is 0 Å². The molecule has 2 aromatic rings. The van der Waals surface area contributed by atoms with E-state index in [1.165, 1.54) is 5.56 Å². The number of hydrogen-bond acceptors (Lipinski definition) is 4. The number of nitrogens with zero attached hydrogens (tertiary/aromatic N) is 3. The fraction of sp³-hybridized carbons (Fsp3) is 0.400. The molecule has 6 nitrogen and oxygen atoms in total. The summed E-state index contributed by atoms with van der Waals surface area (Å²) in [4.78, 5) is 6.35. The molecule has 1 aliphatic heterocycles. The average molecular weight is 285 g/mol. The quantitative estimate of drug-likeness (QED) is 0.664. The van der Waals surface area contributed by atoms with Crippen LogP contribution < -0.4 is 5.73 Å². The van der Waals surface area contributed by atoms with Crippen LogP contribution in [0.4, 0.5) is 0 Å². The largest absolute Gasteiger partial charge is 0.370 e. The Balaban J connectivity index is 1.73. The number of benzene rings is 1. The average Bonchev–Trinajstić information content (AvgIpc) is 3.09. The number of likely N-dealkylation sites (tertiary alicyclic amines) is 1. The van der Waals surface area contributed by atoms with Crippen molar-refractivity contribution in [2.45, 2.75) is 32.2 Å². The van der Waals surface area contributed by atoms with E-state index in [0.717, 1.165) is 24.9 Å². The Morgan fingerprint density at radius 3 is 2.90 bits per heavy atom. The summed E-state index contributed by atoms with van der Waals surface area (Å²) in [6.45, 7) is 2.88. The molecule has 0 amide bonds. The molecule has 0 spiro atoms. The van der Waals surface area contributed by atoms with Crippen LogP contribution in [0.1, 0.15) is 24.3 Å². The summed E-state index contributed by atoms with van der Waals surface area (Å²) in [5, 5.41) is 11.6. The number of aromatic nitrogens is 2. The van der Waals surface area contributed by atoms with Crippen molar-refractivity contribution in [2.24, 2.45) is 5.73 Å². The molecule has 0 bridgehead atoms. The second-order valence-corrected chi connectivity index (χ2v) is 5.46. The van der Waals surface area contributed by atoms with Crippen molar-refractivity contribution in [3.63, 3.8) is 0 Å². The monoisotopic (exact) mass is 285 g/mol. The minimum Gasteiger partial charge on any atom is -0.370 e. The lowest BCUT2D eigenvalue weighted by molar-refractivity contribution is 0.320. The summed E-state index contributed by atoms with van der Waals surface area (Å²) in [5.41, 5.74) is 7.74. The van der Waals surface area contributed by atoms with E-state index in [1.54, 1.807) is 0 Å². The van der Waals surface area contributed by atoms with Crippen molar-refractivity contribution in [1.29, 1.82) is 5.41 Å². The normalized spacial score (nSPS) is 18.1. The van der Waals surface area contributed by atoms with Gasteiger partial charge in [0, 0.05) is 24.6 Å². The molecule has 21 heavy (non-hydrogen) atoms. The predicted octanol–water partition coefficient (Wildman–Crippen LogP) is 1.95. The molecule has 0 unspecified atom stereocenters. The van der Waals surface area contributed by atoms with Crippen LogP contribution in [0.25, 0.3) is 11.4 Å². The molecule has 1 fully saturated rings. The third-order valence-electron chi connectivity index (χ3n) is 3.87. The summed E-state index contributed by atoms with van der Waals surface area (Å²) < 4.78 is 5.34. The number of aryl methyl sites for hydroxylation is 1. The maximum Gasteiger partial charge on any atom is 0.229 e. The first kappa shape index (κ1) is 13.6. The van der Waals surface area contributed by atoms with Gasteiger partial charge in [0.05, 0.1) is 0 Å². The third kappa shape index (κ3) is 2.89. The van der Waals surface area contributed by atoms with Gasteiger partial charge in [0.15, 0.2) is 5.96 Å². The van der Waals surface area contributed by atoms with Crippen LogP contribution in [0, 0.1) is 12.3 Å². The molecule has 0 aliphatic carbocycles. The van der Waals surface area contributed by atoms with Crippen LogP contribution in [0.5, 0.6) is 0 Å². The lowest BCUT2D eigenvalue weighted by Crippen LogP contribution is -2.41. The molecule has 1 aromatic carbocycles. The fourth-order valence-electron chi connectivity index (χ4n) is 2.72. The van der Waals surface area contributed by atoms with Gasteiger partial charge >= 0.3 is 0 Å². The zero-order chi connectivity index (χ0) is 14.8. The van der Waals surface area contributed by atoms with Gasteiger partial charge in [-0.15, -0.1) is 0 Å². The molecule has 0 radical (unpaired) electrons. The predicted molar refractivity (Wildman–Crippen MR) is 79.8 cm³/mol. The Kier molecular flexibility index (Phi) is 3.60. The Labute approximate surface area is 123 Å². The Morgan fingerprint density at radius 1 is 1.43 bits per heavy atom. The van der Waals surface area contributed by atoms with Gasteiger partial charge in [0.25, 0.3) is 0 Å². The maximum atomic E-state index is 7.58. The van der Waals surface area contributed by atoms with Crippen LogP contribution >= 0.6 is 0 Å². The SMILES string of the molecule is Cc1ccc(-c2noc(C[C@@H]3CCCN3C(=N)N)n2)cc1. The minimum atomic E-state index is 0.121. The molecule has 2 heterocycles. The molecule has 1 aromatic heterocycles. The van der Waals surface area contributed by atoms with Gasteiger partial charge in [-0.1, -0.05) is 35.0 Å². The molecule has 3 N–H and O–H groups in total. The molecule has 110 valence electrons. The Bertz CT molecular complexity index is 634. The zero-order valence-electron chi connectivity index (χ0n) is 12.0. The molecular weight excluding hydrogens is 266 g/mol. The number of nitrogens with two attached hydrogens (primary N) is 1. The summed E-state index contributed by atoms with van der Waals surface area (Å²) >= 11 is 0. The van der Waals surface area contributed by atoms with E-state index >= 15 is 0 Å². The number of nitrogens with one attached hydrogen (secondary N) is 1. The van der Waals surface area contributed by atoms with Crippen molar-refractivity contribution in [3.8, 4) is 11.4 Å². The Morgan fingerprint density at radius 2 is 2.19 bits per heavy atom. The van der Waals surface area contributed by atoms with Gasteiger partial charge in [-0.2, -0.15) is 4.98 Å². The minimum absolute atomic E-state index is 0.121. The van der Waals surface area contributed by atoms with E-state index in [1.807, 2.05) is 36.1 Å². The van der Waals surface area contributed by atoms with E-state index in [9.17, 15) is 0 Å². The van der Waals surface area contributed by atoms with Crippen LogP contribution in [0.15, 0.2) is 28.8 Å². The molecule has 1 aliphatic rings. The van der Waals surface area contributed by atoms with Gasteiger partial charge in [0.1, 0.15) is 0 Å². The second-order valence-electron chi connectivity index (χ2n) is 5.46. The van der Waals surface area contributed by atoms with Gasteiger partial charge in [-0.25, -0.2) is 0 Å². The highest BCUT2D eigenvalue weighted by atomic mass is 16.5. The van der Waals surface area contributed by atoms with Crippen molar-refractivity contribution >= 4 is 5.96 Å². The third-order valence-corrected chi connectivity index (χ3v) is 3.87. The van der Waals surface area contributed by atoms with Crippen molar-refractivity contribution in [2.75, 3.05) is 6.54 Å². The fourth-order valence-corrected chi connectivity index (χ4v) is 2.72. The highest BCUT2D eigenvalue weighted by Crippen LogP contribution is 2.22. The van der Waals surface area contributed by atoms with Crippen molar-refractivity contribution in [1.82, 2.24) is 15.0 Å². The molecule has 1 atom stereocenters. The number of guanidine groups is 1. The van der Waals surface area contributed by atoms with Crippen LogP contribution in [-0.2, 0) is 6.42 Å². The molecule has 6 heteroatoms. The van der Waals surface area contributed by atoms with Crippen LogP contribution in [-0.4, -0.2) is 33.6 Å². The van der Waals surface area contributed by atoms with Gasteiger partial charge in [-0.3, -0.25) is 5.41 Å². The zero-order valence-corrected chi connectivity index (χ0v) is 12.0. The highest BCUT2D eigenvalue weighted by molar-refractivity contribution is 5.75. The first-order chi connectivity index (χ1) is 10.1. The summed E-state index contributed by atoms with van der Waals surface area (Å²) in [7, 11) is 0. The van der Waals surface area contributed by atoms with E-state index in [0.29, 0.717) is 18.1 Å². The molecule has 0 saturated carbocycles. The standard InChI is InChI=1S/C15H19N5O/c1-10-4-6-11(7-5-10)14-18-13(21-19-14)9-12-3-2-8-20(12)15(16)17/h4-7,12H,2-3,8-9H2,1H3,(H3,16,17)/t12-/m0/s1. The smallest absolute Gasteiger partial charge is 0.229 e. The first-order valence-electron chi connectivity index (χ1n) is 7.14. The second kappa shape index (κ2) is 5.55. The van der Waals surface area contributed by atoms with Gasteiger partial charge in [-0.05, 0) is 19.8 Å². The summed E-state index contributed by atoms with van der Waals surface area (Å²) in [6.07, 6.45) is 2.68. The van der Waals surface area contributed by atoms with E-state index in [-0.39, 0.29) is 12.0 Å². The van der Waals surface area contributed by atoms with Gasteiger partial charge in [0.2, 0.25) is 11.7 Å². The maximum absolute atomic E-state index is 7.58. The Hall–Kier alpha value is -2.37. The lowest BCUT2D eigenvalue weighted by atomic mass is 10.1. The topological polar surface area (TPSA) is 92.0 Å². The van der Waals surface area contributed by atoms with Crippen molar-refractivity contribution < 1.29 is 4.52 Å². The van der Waals surface area contributed by atoms with Gasteiger partial charge < -0.3 is 15.2 Å². The van der Waals surface area contributed by atoms with Crippen molar-refractivity contribution in [3.05, 3.63) is 35.7 Å². The lowest BCUT2D eigenvalue weighted by Gasteiger charge is -2.23. The molecule has 3 rings (SSSR count). The molecule has 1 saturated heterocycles. The first-order valence-corrected chi connectivity index (χ1v) is 7.14. The van der Waals surface area contributed by atoms with E-state index in [2.05, 4.69) is 10.1 Å². The molecular formula is C15H19N5O. The van der Waals surface area contributed by atoms with E-state index in [4.69, 9.17) is 15.7 Å². The number of hydrogen-bond donors (Lipinski definition) is 2. The van der Waals surface area contributed by atoms with E-state index < -0.39 is 0 Å². The van der Waals surface area contributed by atoms with Crippen LogP contribution in [0.2, 0.25) is 0 Å². The number of rotatable bonds is 3.